The van der Waals surface area contributed by atoms with Crippen molar-refractivity contribution in [2.45, 2.75) is 11.4 Å². The normalized spacial score (nSPS) is 17.5. The summed E-state index contributed by atoms with van der Waals surface area (Å²) in [6.45, 7) is 2.27. The monoisotopic (exact) mass is 225 g/mol. The molecule has 0 atom stereocenters. The van der Waals surface area contributed by atoms with Crippen LogP contribution in [-0.2, 0) is 11.3 Å². The number of benzene rings is 1. The zero-order chi connectivity index (χ0) is 10.8. The summed E-state index contributed by atoms with van der Waals surface area (Å²) in [5, 5.41) is 0. The van der Waals surface area contributed by atoms with Crippen molar-refractivity contribution in [3.63, 3.8) is 0 Å². The fourth-order valence-electron chi connectivity index (χ4n) is 1.73. The van der Waals surface area contributed by atoms with Gasteiger partial charge in [0.2, 0.25) is 0 Å². The van der Waals surface area contributed by atoms with Crippen LogP contribution in [0, 0.1) is 11.7 Å². The largest absolute Gasteiger partial charge is 0.303 e. The molecular formula is C11H12FNOS. The predicted molar refractivity (Wildman–Crippen MR) is 58.5 cm³/mol. The maximum absolute atomic E-state index is 13.1. The first-order valence-corrected chi connectivity index (χ1v) is 5.29. The summed E-state index contributed by atoms with van der Waals surface area (Å²) in [4.78, 5) is 12.9. The predicted octanol–water partition coefficient (Wildman–Crippen LogP) is 1.75. The van der Waals surface area contributed by atoms with Gasteiger partial charge in [0.1, 0.15) is 12.1 Å². The van der Waals surface area contributed by atoms with Crippen molar-refractivity contribution in [1.82, 2.24) is 4.90 Å². The number of nitrogens with zero attached hydrogens (tertiary/aromatic N) is 1. The molecule has 0 spiro atoms. The standard InChI is InChI=1S/C11H12FNOS/c12-10-3-8(1-2-11(10)15)4-13-5-9(6-13)7-14/h1-3,7,9,15H,4-6H2. The van der Waals surface area contributed by atoms with E-state index >= 15 is 0 Å². The van der Waals surface area contributed by atoms with E-state index in [2.05, 4.69) is 17.5 Å². The van der Waals surface area contributed by atoms with Gasteiger partial charge in [-0.3, -0.25) is 4.90 Å². The van der Waals surface area contributed by atoms with Gasteiger partial charge in [-0.05, 0) is 17.7 Å². The lowest BCUT2D eigenvalue weighted by atomic mass is 10.0. The van der Waals surface area contributed by atoms with Crippen LogP contribution in [0.1, 0.15) is 5.56 Å². The smallest absolute Gasteiger partial charge is 0.136 e. The molecule has 0 aliphatic carbocycles. The summed E-state index contributed by atoms with van der Waals surface area (Å²) in [5.41, 5.74) is 0.926. The SMILES string of the molecule is O=CC1CN(Cc2ccc(S)c(F)c2)C1. The molecular weight excluding hydrogens is 213 g/mol. The third-order valence-corrected chi connectivity index (χ3v) is 2.96. The van der Waals surface area contributed by atoms with E-state index in [-0.39, 0.29) is 11.7 Å². The molecule has 0 amide bonds. The molecule has 0 aromatic heterocycles. The van der Waals surface area contributed by atoms with Crippen LogP contribution in [0.3, 0.4) is 0 Å². The number of hydrogen-bond donors (Lipinski definition) is 1. The molecule has 1 heterocycles. The summed E-state index contributed by atoms with van der Waals surface area (Å²) in [6.07, 6.45) is 0.980. The maximum atomic E-state index is 13.1. The molecule has 2 rings (SSSR count). The van der Waals surface area contributed by atoms with Gasteiger partial charge in [0.15, 0.2) is 0 Å². The molecule has 1 aliphatic rings. The summed E-state index contributed by atoms with van der Waals surface area (Å²) in [5.74, 6) is -0.123. The fraction of sp³-hybridized carbons (Fsp3) is 0.364. The first-order valence-electron chi connectivity index (χ1n) is 4.84. The van der Waals surface area contributed by atoms with Crippen molar-refractivity contribution in [1.29, 1.82) is 0 Å². The van der Waals surface area contributed by atoms with E-state index in [0.717, 1.165) is 24.9 Å². The Balaban J connectivity index is 1.94. The Bertz CT molecular complexity index is 377. The highest BCUT2D eigenvalue weighted by molar-refractivity contribution is 7.80. The van der Waals surface area contributed by atoms with Crippen molar-refractivity contribution < 1.29 is 9.18 Å². The van der Waals surface area contributed by atoms with Crippen LogP contribution < -0.4 is 0 Å². The molecule has 15 heavy (non-hydrogen) atoms. The minimum absolute atomic E-state index is 0.166. The van der Waals surface area contributed by atoms with Gasteiger partial charge in [0.05, 0.1) is 0 Å². The van der Waals surface area contributed by atoms with E-state index in [1.165, 1.54) is 6.07 Å². The van der Waals surface area contributed by atoms with Crippen molar-refractivity contribution in [3.05, 3.63) is 29.6 Å². The molecule has 1 aromatic rings. The summed E-state index contributed by atoms with van der Waals surface area (Å²) in [6, 6.07) is 5.01. The van der Waals surface area contributed by atoms with E-state index in [9.17, 15) is 9.18 Å². The number of carbonyl (C=O) groups is 1. The third kappa shape index (κ3) is 2.38. The van der Waals surface area contributed by atoms with Crippen LogP contribution in [0.4, 0.5) is 4.39 Å². The number of rotatable bonds is 3. The van der Waals surface area contributed by atoms with E-state index < -0.39 is 0 Å². The Kier molecular flexibility index (Phi) is 3.07. The van der Waals surface area contributed by atoms with Crippen LogP contribution in [0.5, 0.6) is 0 Å². The van der Waals surface area contributed by atoms with Gasteiger partial charge in [-0.1, -0.05) is 6.07 Å². The number of carbonyl (C=O) groups excluding carboxylic acids is 1. The quantitative estimate of drug-likeness (QED) is 0.624. The third-order valence-electron chi connectivity index (χ3n) is 2.60. The average molecular weight is 225 g/mol. The van der Waals surface area contributed by atoms with Crippen LogP contribution >= 0.6 is 12.6 Å². The fourth-order valence-corrected chi connectivity index (χ4v) is 1.87. The van der Waals surface area contributed by atoms with Crippen molar-refractivity contribution in [2.24, 2.45) is 5.92 Å². The van der Waals surface area contributed by atoms with Gasteiger partial charge in [-0.25, -0.2) is 4.39 Å². The van der Waals surface area contributed by atoms with Crippen molar-refractivity contribution in [3.8, 4) is 0 Å². The Morgan fingerprint density at radius 1 is 1.53 bits per heavy atom. The van der Waals surface area contributed by atoms with Crippen LogP contribution in [0.15, 0.2) is 23.1 Å². The van der Waals surface area contributed by atoms with Crippen LogP contribution in [-0.4, -0.2) is 24.3 Å². The highest BCUT2D eigenvalue weighted by atomic mass is 32.1. The Morgan fingerprint density at radius 2 is 2.27 bits per heavy atom. The van der Waals surface area contributed by atoms with Gasteiger partial charge in [-0.15, -0.1) is 12.6 Å². The highest BCUT2D eigenvalue weighted by Crippen LogP contribution is 2.19. The Labute approximate surface area is 93.5 Å². The number of hydrogen-bond acceptors (Lipinski definition) is 3. The van der Waals surface area contributed by atoms with Gasteiger partial charge < -0.3 is 4.79 Å². The van der Waals surface area contributed by atoms with Gasteiger partial charge in [-0.2, -0.15) is 0 Å². The number of thiol groups is 1. The molecule has 1 aliphatic heterocycles. The van der Waals surface area contributed by atoms with Crippen molar-refractivity contribution in [2.75, 3.05) is 13.1 Å². The molecule has 80 valence electrons. The van der Waals surface area contributed by atoms with E-state index in [4.69, 9.17) is 0 Å². The first-order chi connectivity index (χ1) is 7.19. The zero-order valence-corrected chi connectivity index (χ0v) is 9.08. The molecule has 1 saturated heterocycles. The molecule has 0 saturated carbocycles. The maximum Gasteiger partial charge on any atom is 0.136 e. The second kappa shape index (κ2) is 4.33. The second-order valence-electron chi connectivity index (χ2n) is 3.88. The lowest BCUT2D eigenvalue weighted by molar-refractivity contribution is -0.115. The molecule has 0 bridgehead atoms. The summed E-state index contributed by atoms with van der Waals surface area (Å²) < 4.78 is 13.1. The molecule has 0 N–H and O–H groups in total. The molecule has 0 radical (unpaired) electrons. The Hall–Kier alpha value is -0.870. The zero-order valence-electron chi connectivity index (χ0n) is 8.19. The average Bonchev–Trinajstić information content (AvgIpc) is 2.16. The van der Waals surface area contributed by atoms with Crippen molar-refractivity contribution >= 4 is 18.9 Å². The topological polar surface area (TPSA) is 20.3 Å². The van der Waals surface area contributed by atoms with E-state index in [1.807, 2.05) is 6.07 Å². The lowest BCUT2D eigenvalue weighted by Crippen LogP contribution is -2.46. The van der Waals surface area contributed by atoms with Gasteiger partial charge >= 0.3 is 0 Å². The first kappa shape index (κ1) is 10.6. The molecule has 0 unspecified atom stereocenters. The Morgan fingerprint density at radius 3 is 2.87 bits per heavy atom. The summed E-state index contributed by atoms with van der Waals surface area (Å²) in [7, 11) is 0. The summed E-state index contributed by atoms with van der Waals surface area (Å²) >= 11 is 3.97. The minimum Gasteiger partial charge on any atom is -0.303 e. The lowest BCUT2D eigenvalue weighted by Gasteiger charge is -2.36. The number of aldehydes is 1. The van der Waals surface area contributed by atoms with Gasteiger partial charge in [0, 0.05) is 30.4 Å². The van der Waals surface area contributed by atoms with Gasteiger partial charge in [0.25, 0.3) is 0 Å². The second-order valence-corrected chi connectivity index (χ2v) is 4.36. The highest BCUT2D eigenvalue weighted by Gasteiger charge is 2.25. The molecule has 4 heteroatoms. The minimum atomic E-state index is -0.289. The number of halogens is 1. The molecule has 1 fully saturated rings. The molecule has 2 nitrogen and oxygen atoms in total. The number of likely N-dealkylation sites (tertiary alicyclic amines) is 1. The van der Waals surface area contributed by atoms with E-state index in [1.54, 1.807) is 6.07 Å². The van der Waals surface area contributed by atoms with Crippen LogP contribution in [0.25, 0.3) is 0 Å². The molecule has 1 aromatic carbocycles. The van der Waals surface area contributed by atoms with E-state index in [0.29, 0.717) is 11.4 Å². The van der Waals surface area contributed by atoms with Crippen LogP contribution in [0.2, 0.25) is 0 Å².